The van der Waals surface area contributed by atoms with Gasteiger partial charge >= 0.3 is 0 Å². The number of rotatable bonds is 4. The first-order valence-corrected chi connectivity index (χ1v) is 9.55. The molecule has 0 saturated carbocycles. The van der Waals surface area contributed by atoms with Crippen LogP contribution in [0.1, 0.15) is 44.5 Å². The molecule has 1 aliphatic heterocycles. The highest BCUT2D eigenvalue weighted by atomic mass is 16.5. The molecule has 0 saturated heterocycles. The third-order valence-electron chi connectivity index (χ3n) is 4.89. The van der Waals surface area contributed by atoms with Gasteiger partial charge in [0.05, 0.1) is 6.04 Å². The molecule has 6 heteroatoms. The van der Waals surface area contributed by atoms with Crippen molar-refractivity contribution >= 4 is 5.82 Å². The molecular formula is C22H24N4O2. The van der Waals surface area contributed by atoms with Gasteiger partial charge in [-0.1, -0.05) is 25.1 Å². The van der Waals surface area contributed by atoms with Crippen LogP contribution in [0.3, 0.4) is 0 Å². The van der Waals surface area contributed by atoms with Crippen LogP contribution in [0.15, 0.2) is 53.5 Å². The Morgan fingerprint density at radius 1 is 1.25 bits per heavy atom. The fourth-order valence-electron chi connectivity index (χ4n) is 3.55. The van der Waals surface area contributed by atoms with Gasteiger partial charge in [0.25, 0.3) is 5.56 Å². The van der Waals surface area contributed by atoms with Gasteiger partial charge in [-0.2, -0.15) is 0 Å². The minimum Gasteiger partial charge on any atom is -0.487 e. The molecule has 1 aromatic carbocycles. The minimum absolute atomic E-state index is 0.111. The second-order valence-corrected chi connectivity index (χ2v) is 7.67. The number of ether oxygens (including phenoxy) is 1. The number of para-hydroxylation sites is 1. The predicted octanol–water partition coefficient (Wildman–Crippen LogP) is 4.11. The van der Waals surface area contributed by atoms with E-state index in [2.05, 4.69) is 40.2 Å². The molecule has 6 nitrogen and oxygen atoms in total. The molecule has 0 radical (unpaired) electrons. The highest BCUT2D eigenvalue weighted by Gasteiger charge is 2.33. The Morgan fingerprint density at radius 2 is 2.07 bits per heavy atom. The van der Waals surface area contributed by atoms with Crippen molar-refractivity contribution in [2.24, 2.45) is 0 Å². The molecule has 3 aromatic rings. The average molecular weight is 376 g/mol. The Bertz CT molecular complexity index is 1040. The fraction of sp³-hybridized carbons (Fsp3) is 0.318. The maximum absolute atomic E-state index is 11.8. The number of pyridine rings is 1. The van der Waals surface area contributed by atoms with E-state index in [1.54, 1.807) is 6.20 Å². The Kier molecular flexibility index (Phi) is 4.63. The number of benzene rings is 1. The van der Waals surface area contributed by atoms with Crippen molar-refractivity contribution in [1.29, 1.82) is 0 Å². The lowest BCUT2D eigenvalue weighted by Gasteiger charge is -2.38. The van der Waals surface area contributed by atoms with Crippen LogP contribution in [0, 0.1) is 0 Å². The Labute approximate surface area is 164 Å². The molecule has 2 aromatic heterocycles. The number of nitrogens with one attached hydrogen (secondary N) is 2. The largest absolute Gasteiger partial charge is 0.487 e. The van der Waals surface area contributed by atoms with Gasteiger partial charge in [-0.25, -0.2) is 9.97 Å². The normalized spacial score (nSPS) is 17.5. The maximum Gasteiger partial charge on any atom is 0.251 e. The van der Waals surface area contributed by atoms with Crippen molar-refractivity contribution in [2.45, 2.75) is 45.3 Å². The van der Waals surface area contributed by atoms with Gasteiger partial charge in [0.1, 0.15) is 23.0 Å². The molecule has 1 atom stereocenters. The van der Waals surface area contributed by atoms with E-state index in [0.29, 0.717) is 12.2 Å². The van der Waals surface area contributed by atoms with Crippen molar-refractivity contribution in [3.8, 4) is 17.1 Å². The fourth-order valence-corrected chi connectivity index (χ4v) is 3.55. The van der Waals surface area contributed by atoms with Crippen LogP contribution < -0.4 is 15.6 Å². The Balaban J connectivity index is 1.59. The lowest BCUT2D eigenvalue weighted by molar-refractivity contribution is 0.0758. The minimum atomic E-state index is -0.254. The van der Waals surface area contributed by atoms with Crippen LogP contribution in [0.5, 0.6) is 5.75 Å². The van der Waals surface area contributed by atoms with E-state index in [-0.39, 0.29) is 17.2 Å². The smallest absolute Gasteiger partial charge is 0.251 e. The summed E-state index contributed by atoms with van der Waals surface area (Å²) >= 11 is 0. The van der Waals surface area contributed by atoms with E-state index in [4.69, 9.17) is 4.74 Å². The van der Waals surface area contributed by atoms with E-state index in [1.165, 1.54) is 6.07 Å². The topological polar surface area (TPSA) is 79.9 Å². The summed E-state index contributed by atoms with van der Waals surface area (Å²) in [6, 6.07) is 13.6. The van der Waals surface area contributed by atoms with Gasteiger partial charge < -0.3 is 15.0 Å². The van der Waals surface area contributed by atoms with Gasteiger partial charge in [-0.15, -0.1) is 0 Å². The molecule has 28 heavy (non-hydrogen) atoms. The second-order valence-electron chi connectivity index (χ2n) is 7.67. The summed E-state index contributed by atoms with van der Waals surface area (Å²) in [6.07, 6.45) is 3.28. The third-order valence-corrected chi connectivity index (χ3v) is 4.89. The quantitative estimate of drug-likeness (QED) is 0.716. The maximum atomic E-state index is 11.8. The summed E-state index contributed by atoms with van der Waals surface area (Å²) in [4.78, 5) is 23.6. The number of fused-ring (bicyclic) bond motifs is 1. The first kappa shape index (κ1) is 18.2. The highest BCUT2D eigenvalue weighted by Crippen LogP contribution is 2.40. The number of hydrogen-bond acceptors (Lipinski definition) is 5. The molecule has 144 valence electrons. The second kappa shape index (κ2) is 7.11. The predicted molar refractivity (Wildman–Crippen MR) is 110 cm³/mol. The number of nitrogens with zero attached hydrogens (tertiary/aromatic N) is 2. The summed E-state index contributed by atoms with van der Waals surface area (Å²) in [5, 5.41) is 3.52. The first-order chi connectivity index (χ1) is 13.4. The van der Waals surface area contributed by atoms with Crippen LogP contribution >= 0.6 is 0 Å². The number of aromatic amines is 1. The van der Waals surface area contributed by atoms with Crippen LogP contribution in [0.2, 0.25) is 0 Å². The first-order valence-electron chi connectivity index (χ1n) is 9.55. The van der Waals surface area contributed by atoms with Crippen molar-refractivity contribution < 1.29 is 4.74 Å². The van der Waals surface area contributed by atoms with Gasteiger partial charge in [-0.05, 0) is 38.5 Å². The molecule has 3 heterocycles. The lowest BCUT2D eigenvalue weighted by atomic mass is 9.90. The van der Waals surface area contributed by atoms with Gasteiger partial charge in [0.2, 0.25) is 0 Å². The van der Waals surface area contributed by atoms with Crippen LogP contribution in [0.4, 0.5) is 5.82 Å². The average Bonchev–Trinajstić information content (AvgIpc) is 2.67. The van der Waals surface area contributed by atoms with E-state index in [0.717, 1.165) is 34.8 Å². The molecule has 0 fully saturated rings. The molecule has 1 unspecified atom stereocenters. The van der Waals surface area contributed by atoms with E-state index >= 15 is 0 Å². The standard InChI is InChI=1S/C22H24N4O2/c1-4-15-11-20(27)26-21(24-15)14-9-10-19(23-13-14)25-17-12-22(2,3)28-18-8-6-5-7-16(17)18/h5-11,13,17H,4,12H2,1-3H3,(H,23,25)(H,24,26,27). The Hall–Kier alpha value is -3.15. The molecule has 4 rings (SSSR count). The van der Waals surface area contributed by atoms with Crippen molar-refractivity contribution in [1.82, 2.24) is 15.0 Å². The number of anilines is 1. The number of H-pyrrole nitrogens is 1. The summed E-state index contributed by atoms with van der Waals surface area (Å²) in [7, 11) is 0. The molecule has 0 amide bonds. The molecule has 0 bridgehead atoms. The van der Waals surface area contributed by atoms with Crippen LogP contribution in [0.25, 0.3) is 11.4 Å². The summed E-state index contributed by atoms with van der Waals surface area (Å²) in [5.74, 6) is 2.22. The monoisotopic (exact) mass is 376 g/mol. The van der Waals surface area contributed by atoms with Crippen molar-refractivity contribution in [3.63, 3.8) is 0 Å². The van der Waals surface area contributed by atoms with Crippen LogP contribution in [-0.4, -0.2) is 20.6 Å². The lowest BCUT2D eigenvalue weighted by Crippen LogP contribution is -2.37. The third kappa shape index (κ3) is 3.76. The zero-order chi connectivity index (χ0) is 19.7. The van der Waals surface area contributed by atoms with Crippen molar-refractivity contribution in [3.05, 3.63) is 70.3 Å². The number of aromatic nitrogens is 3. The van der Waals surface area contributed by atoms with E-state index in [1.807, 2.05) is 37.3 Å². The molecule has 1 aliphatic rings. The zero-order valence-electron chi connectivity index (χ0n) is 16.3. The van der Waals surface area contributed by atoms with Gasteiger partial charge in [0, 0.05) is 35.5 Å². The zero-order valence-corrected chi connectivity index (χ0v) is 16.3. The van der Waals surface area contributed by atoms with Crippen LogP contribution in [-0.2, 0) is 6.42 Å². The van der Waals surface area contributed by atoms with Gasteiger partial charge in [-0.3, -0.25) is 4.79 Å². The molecular weight excluding hydrogens is 352 g/mol. The molecule has 0 aliphatic carbocycles. The highest BCUT2D eigenvalue weighted by molar-refractivity contribution is 5.56. The summed E-state index contributed by atoms with van der Waals surface area (Å²) in [6.45, 7) is 6.16. The summed E-state index contributed by atoms with van der Waals surface area (Å²) in [5.41, 5.74) is 2.28. The molecule has 2 N–H and O–H groups in total. The SMILES string of the molecule is CCc1cc(=O)[nH]c(-c2ccc(NC3CC(C)(C)Oc4ccccc43)nc2)n1. The number of hydrogen-bond donors (Lipinski definition) is 2. The molecule has 0 spiro atoms. The van der Waals surface area contributed by atoms with E-state index < -0.39 is 0 Å². The van der Waals surface area contributed by atoms with Gasteiger partial charge in [0.15, 0.2) is 0 Å². The van der Waals surface area contributed by atoms with Crippen molar-refractivity contribution in [2.75, 3.05) is 5.32 Å². The number of aryl methyl sites for hydroxylation is 1. The van der Waals surface area contributed by atoms with E-state index in [9.17, 15) is 4.79 Å². The Morgan fingerprint density at radius 3 is 2.82 bits per heavy atom. The summed E-state index contributed by atoms with van der Waals surface area (Å²) < 4.78 is 6.09.